The van der Waals surface area contributed by atoms with Gasteiger partial charge in [0.15, 0.2) is 0 Å². The summed E-state index contributed by atoms with van der Waals surface area (Å²) in [7, 11) is -2.86. The Morgan fingerprint density at radius 1 is 1.16 bits per heavy atom. The van der Waals surface area contributed by atoms with Crippen molar-refractivity contribution >= 4 is 15.7 Å². The summed E-state index contributed by atoms with van der Waals surface area (Å²) in [4.78, 5) is 12.4. The highest BCUT2D eigenvalue weighted by Crippen LogP contribution is 2.27. The molecule has 0 aromatic heterocycles. The van der Waals surface area contributed by atoms with E-state index < -0.39 is 9.84 Å². The Kier molecular flexibility index (Phi) is 5.82. The fraction of sp³-hybridized carbons (Fsp3) is 0.650. The third-order valence-electron chi connectivity index (χ3n) is 5.67. The second kappa shape index (κ2) is 7.90. The minimum absolute atomic E-state index is 0.0482. The lowest BCUT2D eigenvalue weighted by Crippen LogP contribution is -2.32. The van der Waals surface area contributed by atoms with E-state index in [0.717, 1.165) is 12.8 Å². The second-order valence-electron chi connectivity index (χ2n) is 7.56. The maximum absolute atomic E-state index is 12.4. The van der Waals surface area contributed by atoms with E-state index in [1.165, 1.54) is 36.0 Å². The van der Waals surface area contributed by atoms with Crippen LogP contribution < -0.4 is 5.32 Å². The summed E-state index contributed by atoms with van der Waals surface area (Å²) in [6.45, 7) is 2.09. The third-order valence-corrected chi connectivity index (χ3v) is 7.38. The lowest BCUT2D eigenvalue weighted by molar-refractivity contribution is -0.122. The van der Waals surface area contributed by atoms with Crippen molar-refractivity contribution in [2.24, 2.45) is 5.92 Å². The molecule has 1 aromatic carbocycles. The van der Waals surface area contributed by atoms with Crippen LogP contribution in [0.5, 0.6) is 0 Å². The van der Waals surface area contributed by atoms with Crippen LogP contribution >= 0.6 is 0 Å². The summed E-state index contributed by atoms with van der Waals surface area (Å²) < 4.78 is 23.0. The molecule has 3 rings (SSSR count). The molecule has 1 N–H and O–H groups in total. The van der Waals surface area contributed by atoms with Gasteiger partial charge in [0.2, 0.25) is 5.91 Å². The SMILES string of the molecule is CCC(NC(=O)CC1CCS(=O)(=O)CC1)c1ccc2c(c1)CCCC2. The lowest BCUT2D eigenvalue weighted by atomic mass is 9.88. The van der Waals surface area contributed by atoms with Gasteiger partial charge in [0, 0.05) is 6.42 Å². The van der Waals surface area contributed by atoms with Crippen LogP contribution in [-0.2, 0) is 27.5 Å². The van der Waals surface area contributed by atoms with Crippen molar-refractivity contribution in [1.29, 1.82) is 0 Å². The van der Waals surface area contributed by atoms with Crippen molar-refractivity contribution in [3.63, 3.8) is 0 Å². The Bertz CT molecular complexity index is 712. The molecular weight excluding hydrogens is 334 g/mol. The van der Waals surface area contributed by atoms with Gasteiger partial charge in [-0.15, -0.1) is 0 Å². The molecule has 1 fully saturated rings. The van der Waals surface area contributed by atoms with Crippen LogP contribution in [0.3, 0.4) is 0 Å². The van der Waals surface area contributed by atoms with Gasteiger partial charge in [-0.2, -0.15) is 0 Å². The molecule has 0 saturated carbocycles. The van der Waals surface area contributed by atoms with Gasteiger partial charge < -0.3 is 5.32 Å². The van der Waals surface area contributed by atoms with Crippen molar-refractivity contribution in [3.05, 3.63) is 34.9 Å². The Balaban J connectivity index is 1.59. The number of hydrogen-bond acceptors (Lipinski definition) is 3. The van der Waals surface area contributed by atoms with Crippen molar-refractivity contribution in [1.82, 2.24) is 5.32 Å². The fourth-order valence-corrected chi connectivity index (χ4v) is 5.64. The van der Waals surface area contributed by atoms with Crippen molar-refractivity contribution < 1.29 is 13.2 Å². The first kappa shape index (κ1) is 18.4. The van der Waals surface area contributed by atoms with Gasteiger partial charge >= 0.3 is 0 Å². The van der Waals surface area contributed by atoms with E-state index in [1.54, 1.807) is 0 Å². The van der Waals surface area contributed by atoms with E-state index in [9.17, 15) is 13.2 Å². The first-order valence-electron chi connectivity index (χ1n) is 9.58. The van der Waals surface area contributed by atoms with Crippen molar-refractivity contribution in [3.8, 4) is 0 Å². The highest BCUT2D eigenvalue weighted by Gasteiger charge is 2.26. The molecule has 1 aliphatic heterocycles. The molecular formula is C20H29NO3S. The smallest absolute Gasteiger partial charge is 0.220 e. The molecule has 0 bridgehead atoms. The highest BCUT2D eigenvalue weighted by molar-refractivity contribution is 7.91. The number of aryl methyl sites for hydroxylation is 2. The lowest BCUT2D eigenvalue weighted by Gasteiger charge is -2.24. The molecule has 1 amide bonds. The summed E-state index contributed by atoms with van der Waals surface area (Å²) in [5, 5.41) is 3.17. The molecule has 2 aliphatic rings. The van der Waals surface area contributed by atoms with Crippen LogP contribution in [-0.4, -0.2) is 25.8 Å². The molecule has 25 heavy (non-hydrogen) atoms. The molecule has 1 aromatic rings. The van der Waals surface area contributed by atoms with Crippen molar-refractivity contribution in [2.75, 3.05) is 11.5 Å². The number of amides is 1. The van der Waals surface area contributed by atoms with Crippen LogP contribution in [0.2, 0.25) is 0 Å². The molecule has 4 nitrogen and oxygen atoms in total. The zero-order valence-corrected chi connectivity index (χ0v) is 15.9. The summed E-state index contributed by atoms with van der Waals surface area (Å²) in [6.07, 6.45) is 7.38. The Morgan fingerprint density at radius 2 is 1.84 bits per heavy atom. The van der Waals surface area contributed by atoms with Crippen LogP contribution in [0.25, 0.3) is 0 Å². The van der Waals surface area contributed by atoms with E-state index >= 15 is 0 Å². The van der Waals surface area contributed by atoms with Gasteiger partial charge in [0.25, 0.3) is 0 Å². The predicted molar refractivity (Wildman–Crippen MR) is 100 cm³/mol. The van der Waals surface area contributed by atoms with Gasteiger partial charge in [-0.1, -0.05) is 25.1 Å². The number of sulfone groups is 1. The number of carbonyl (C=O) groups is 1. The zero-order chi connectivity index (χ0) is 17.9. The Hall–Kier alpha value is -1.36. The number of hydrogen-bond donors (Lipinski definition) is 1. The minimum atomic E-state index is -2.86. The highest BCUT2D eigenvalue weighted by atomic mass is 32.2. The zero-order valence-electron chi connectivity index (χ0n) is 15.1. The second-order valence-corrected chi connectivity index (χ2v) is 9.87. The molecule has 1 saturated heterocycles. The maximum Gasteiger partial charge on any atom is 0.220 e. The number of carbonyl (C=O) groups excluding carboxylic acids is 1. The van der Waals surface area contributed by atoms with Crippen molar-refractivity contribution in [2.45, 2.75) is 64.3 Å². The van der Waals surface area contributed by atoms with Gasteiger partial charge in [-0.05, 0) is 67.6 Å². The molecule has 0 radical (unpaired) electrons. The van der Waals surface area contributed by atoms with Gasteiger partial charge in [0.05, 0.1) is 17.5 Å². The molecule has 1 unspecified atom stereocenters. The van der Waals surface area contributed by atoms with E-state index in [0.29, 0.717) is 19.3 Å². The average Bonchev–Trinajstić information content (AvgIpc) is 2.61. The summed E-state index contributed by atoms with van der Waals surface area (Å²) in [6, 6.07) is 6.71. The summed E-state index contributed by atoms with van der Waals surface area (Å²) >= 11 is 0. The quantitative estimate of drug-likeness (QED) is 0.872. The van der Waals surface area contributed by atoms with Gasteiger partial charge in [-0.25, -0.2) is 8.42 Å². The van der Waals surface area contributed by atoms with E-state index in [4.69, 9.17) is 0 Å². The normalized spacial score (nSPS) is 21.3. The molecule has 5 heteroatoms. The third kappa shape index (κ3) is 4.84. The maximum atomic E-state index is 12.4. The summed E-state index contributed by atoms with van der Waals surface area (Å²) in [5.41, 5.74) is 4.09. The number of fused-ring (bicyclic) bond motifs is 1. The first-order chi connectivity index (χ1) is 12.0. The molecule has 0 spiro atoms. The van der Waals surface area contributed by atoms with E-state index in [1.807, 2.05) is 0 Å². The molecule has 1 aliphatic carbocycles. The molecule has 1 atom stereocenters. The largest absolute Gasteiger partial charge is 0.349 e. The standard InChI is InChI=1S/C20H29NO3S/c1-2-19(18-8-7-16-5-3-4-6-17(16)14-18)21-20(22)13-15-9-11-25(23,24)12-10-15/h7-8,14-15,19H,2-6,9-13H2,1H3,(H,21,22). The molecule has 1 heterocycles. The monoisotopic (exact) mass is 363 g/mol. The summed E-state index contributed by atoms with van der Waals surface area (Å²) in [5.74, 6) is 0.707. The van der Waals surface area contributed by atoms with E-state index in [2.05, 4.69) is 30.4 Å². The molecule has 138 valence electrons. The Labute approximate surface area is 151 Å². The van der Waals surface area contributed by atoms with Gasteiger partial charge in [-0.3, -0.25) is 4.79 Å². The first-order valence-corrected chi connectivity index (χ1v) is 11.4. The average molecular weight is 364 g/mol. The minimum Gasteiger partial charge on any atom is -0.349 e. The van der Waals surface area contributed by atoms with Crippen LogP contribution in [0.4, 0.5) is 0 Å². The number of nitrogens with one attached hydrogen (secondary N) is 1. The topological polar surface area (TPSA) is 63.2 Å². The Morgan fingerprint density at radius 3 is 2.52 bits per heavy atom. The van der Waals surface area contributed by atoms with Crippen LogP contribution in [0.15, 0.2) is 18.2 Å². The van der Waals surface area contributed by atoms with Gasteiger partial charge in [0.1, 0.15) is 9.84 Å². The number of benzene rings is 1. The fourth-order valence-electron chi connectivity index (χ4n) is 4.05. The number of rotatable bonds is 5. The van der Waals surface area contributed by atoms with Crippen LogP contribution in [0.1, 0.15) is 68.2 Å². The van der Waals surface area contributed by atoms with Crippen LogP contribution in [0, 0.1) is 5.92 Å². The van der Waals surface area contributed by atoms with E-state index in [-0.39, 0.29) is 29.4 Å². The predicted octanol–water partition coefficient (Wildman–Crippen LogP) is 3.35.